The molecule has 2 saturated heterocycles. The van der Waals surface area contributed by atoms with Gasteiger partial charge in [0.2, 0.25) is 0 Å². The van der Waals surface area contributed by atoms with E-state index in [0.717, 1.165) is 32.4 Å². The van der Waals surface area contributed by atoms with Crippen LogP contribution in [-0.2, 0) is 0 Å². The molecule has 1 aromatic rings. The molecular weight excluding hydrogens is 276 g/mol. The van der Waals surface area contributed by atoms with Crippen molar-refractivity contribution in [1.29, 1.82) is 0 Å². The summed E-state index contributed by atoms with van der Waals surface area (Å²) in [4.78, 5) is 14.9. The minimum absolute atomic E-state index is 0. The normalized spacial score (nSPS) is 24.8. The third-order valence-electron chi connectivity index (χ3n) is 4.23. The summed E-state index contributed by atoms with van der Waals surface area (Å²) in [5.74, 6) is 0.790. The minimum atomic E-state index is 0. The predicted molar refractivity (Wildman–Crippen MR) is 80.7 cm³/mol. The van der Waals surface area contributed by atoms with Gasteiger partial charge in [-0.2, -0.15) is 0 Å². The van der Waals surface area contributed by atoms with Gasteiger partial charge in [0.05, 0.1) is 12.7 Å². The van der Waals surface area contributed by atoms with E-state index in [1.54, 1.807) is 7.11 Å². The Balaban J connectivity index is 0.00000147. The van der Waals surface area contributed by atoms with Gasteiger partial charge in [0.15, 0.2) is 0 Å². The molecule has 5 heteroatoms. The van der Waals surface area contributed by atoms with Crippen LogP contribution < -0.4 is 10.1 Å². The highest BCUT2D eigenvalue weighted by Gasteiger charge is 2.38. The van der Waals surface area contributed by atoms with Crippen molar-refractivity contribution in [3.05, 3.63) is 29.8 Å². The number of amides is 1. The Morgan fingerprint density at radius 1 is 1.25 bits per heavy atom. The molecule has 2 aliphatic heterocycles. The number of carbonyl (C=O) groups is 1. The van der Waals surface area contributed by atoms with Gasteiger partial charge >= 0.3 is 0 Å². The Hall–Kier alpha value is -1.26. The highest BCUT2D eigenvalue weighted by molar-refractivity contribution is 5.97. The molecule has 2 bridgehead atoms. The predicted octanol–water partition coefficient (Wildman–Crippen LogP) is 2.08. The van der Waals surface area contributed by atoms with E-state index in [0.29, 0.717) is 23.4 Å². The first kappa shape index (κ1) is 15.1. The summed E-state index contributed by atoms with van der Waals surface area (Å²) >= 11 is 0. The lowest BCUT2D eigenvalue weighted by atomic mass is 10.1. The van der Waals surface area contributed by atoms with Gasteiger partial charge < -0.3 is 15.0 Å². The molecule has 1 amide bonds. The summed E-state index contributed by atoms with van der Waals surface area (Å²) in [5.41, 5.74) is 0.684. The maximum atomic E-state index is 12.8. The largest absolute Gasteiger partial charge is 0.496 e. The first-order valence-electron chi connectivity index (χ1n) is 6.97. The summed E-state index contributed by atoms with van der Waals surface area (Å²) in [5, 5.41) is 3.42. The first-order chi connectivity index (χ1) is 9.31. The van der Waals surface area contributed by atoms with Crippen LogP contribution in [0.2, 0.25) is 0 Å². The van der Waals surface area contributed by atoms with E-state index in [1.165, 1.54) is 0 Å². The zero-order chi connectivity index (χ0) is 13.2. The lowest BCUT2D eigenvalue weighted by molar-refractivity contribution is 0.0677. The highest BCUT2D eigenvalue weighted by Crippen LogP contribution is 2.31. The molecule has 1 N–H and O–H groups in total. The highest BCUT2D eigenvalue weighted by atomic mass is 35.5. The Morgan fingerprint density at radius 3 is 2.80 bits per heavy atom. The lowest BCUT2D eigenvalue weighted by Gasteiger charge is -2.28. The lowest BCUT2D eigenvalue weighted by Crippen LogP contribution is -2.42. The van der Waals surface area contributed by atoms with Gasteiger partial charge in [0.25, 0.3) is 5.91 Å². The van der Waals surface area contributed by atoms with Crippen molar-refractivity contribution in [2.75, 3.05) is 20.2 Å². The smallest absolute Gasteiger partial charge is 0.258 e. The third-order valence-corrected chi connectivity index (χ3v) is 4.23. The molecule has 0 spiro atoms. The van der Waals surface area contributed by atoms with E-state index in [9.17, 15) is 4.79 Å². The van der Waals surface area contributed by atoms with Crippen LogP contribution in [0.25, 0.3) is 0 Å². The molecule has 3 rings (SSSR count). The number of hydrogen-bond donors (Lipinski definition) is 1. The molecule has 2 unspecified atom stereocenters. The maximum Gasteiger partial charge on any atom is 0.258 e. The van der Waals surface area contributed by atoms with E-state index >= 15 is 0 Å². The number of carbonyl (C=O) groups excluding carboxylic acids is 1. The number of para-hydroxylation sites is 1. The molecule has 1 aromatic carbocycles. The summed E-state index contributed by atoms with van der Waals surface area (Å²) in [7, 11) is 1.62. The Bertz CT molecular complexity index is 467. The summed E-state index contributed by atoms with van der Waals surface area (Å²) < 4.78 is 5.32. The summed E-state index contributed by atoms with van der Waals surface area (Å²) in [6, 6.07) is 8.23. The summed E-state index contributed by atoms with van der Waals surface area (Å²) in [6.07, 6.45) is 3.29. The average molecular weight is 297 g/mol. The van der Waals surface area contributed by atoms with Gasteiger partial charge in [-0.1, -0.05) is 12.1 Å². The number of halogens is 1. The van der Waals surface area contributed by atoms with Crippen molar-refractivity contribution in [2.24, 2.45) is 0 Å². The number of hydrogen-bond acceptors (Lipinski definition) is 3. The number of methoxy groups -OCH3 is 1. The van der Waals surface area contributed by atoms with Crippen LogP contribution in [0.15, 0.2) is 24.3 Å². The van der Waals surface area contributed by atoms with Gasteiger partial charge in [-0.3, -0.25) is 4.79 Å². The third kappa shape index (κ3) is 2.63. The van der Waals surface area contributed by atoms with Crippen LogP contribution in [0.4, 0.5) is 0 Å². The van der Waals surface area contributed by atoms with E-state index in [2.05, 4.69) is 10.2 Å². The van der Waals surface area contributed by atoms with E-state index in [4.69, 9.17) is 4.74 Å². The van der Waals surface area contributed by atoms with Crippen molar-refractivity contribution >= 4 is 18.3 Å². The Labute approximate surface area is 125 Å². The molecular formula is C15H21ClN2O2. The van der Waals surface area contributed by atoms with Gasteiger partial charge in [-0.15, -0.1) is 12.4 Å². The van der Waals surface area contributed by atoms with Crippen LogP contribution in [0.1, 0.15) is 29.6 Å². The fourth-order valence-corrected chi connectivity index (χ4v) is 3.27. The fourth-order valence-electron chi connectivity index (χ4n) is 3.27. The molecule has 0 aromatic heterocycles. The standard InChI is InChI=1S/C15H20N2O2.ClH/c1-19-14-5-3-2-4-13(14)15(18)17-11-6-7-12(17)10-16-9-8-11;/h2-5,11-12,16H,6-10H2,1H3;1H. The molecule has 4 nitrogen and oxygen atoms in total. The quantitative estimate of drug-likeness (QED) is 0.908. The second kappa shape index (κ2) is 6.46. The molecule has 2 heterocycles. The number of nitrogens with one attached hydrogen (secondary N) is 1. The molecule has 2 fully saturated rings. The van der Waals surface area contributed by atoms with Gasteiger partial charge in [-0.25, -0.2) is 0 Å². The van der Waals surface area contributed by atoms with Crippen molar-refractivity contribution < 1.29 is 9.53 Å². The second-order valence-electron chi connectivity index (χ2n) is 5.29. The van der Waals surface area contributed by atoms with Crippen LogP contribution in [0, 0.1) is 0 Å². The number of benzene rings is 1. The van der Waals surface area contributed by atoms with Gasteiger partial charge in [0.1, 0.15) is 5.75 Å². The van der Waals surface area contributed by atoms with Crippen molar-refractivity contribution in [3.8, 4) is 5.75 Å². The Morgan fingerprint density at radius 2 is 2.00 bits per heavy atom. The monoisotopic (exact) mass is 296 g/mol. The van der Waals surface area contributed by atoms with E-state index in [-0.39, 0.29) is 18.3 Å². The van der Waals surface area contributed by atoms with Crippen LogP contribution >= 0.6 is 12.4 Å². The zero-order valence-corrected chi connectivity index (χ0v) is 12.5. The van der Waals surface area contributed by atoms with E-state index < -0.39 is 0 Å². The topological polar surface area (TPSA) is 41.6 Å². The fraction of sp³-hybridized carbons (Fsp3) is 0.533. The second-order valence-corrected chi connectivity index (χ2v) is 5.29. The zero-order valence-electron chi connectivity index (χ0n) is 11.7. The molecule has 2 atom stereocenters. The van der Waals surface area contributed by atoms with Crippen LogP contribution in [-0.4, -0.2) is 43.1 Å². The maximum absolute atomic E-state index is 12.8. The van der Waals surface area contributed by atoms with Gasteiger partial charge in [0, 0.05) is 18.6 Å². The number of fused-ring (bicyclic) bond motifs is 2. The number of nitrogens with zero attached hydrogens (tertiary/aromatic N) is 1. The molecule has 0 radical (unpaired) electrons. The van der Waals surface area contributed by atoms with Crippen LogP contribution in [0.3, 0.4) is 0 Å². The molecule has 110 valence electrons. The molecule has 2 aliphatic rings. The molecule has 20 heavy (non-hydrogen) atoms. The minimum Gasteiger partial charge on any atom is -0.496 e. The molecule has 0 aliphatic carbocycles. The molecule has 0 saturated carbocycles. The Kier molecular flexibility index (Phi) is 4.89. The van der Waals surface area contributed by atoms with Crippen molar-refractivity contribution in [1.82, 2.24) is 10.2 Å². The van der Waals surface area contributed by atoms with Crippen LogP contribution in [0.5, 0.6) is 5.75 Å². The van der Waals surface area contributed by atoms with Crippen molar-refractivity contribution in [3.63, 3.8) is 0 Å². The SMILES string of the molecule is COc1ccccc1C(=O)N1C2CCNCC1CC2.Cl. The number of ether oxygens (including phenoxy) is 1. The van der Waals surface area contributed by atoms with E-state index in [1.807, 2.05) is 24.3 Å². The average Bonchev–Trinajstić information content (AvgIpc) is 2.71. The summed E-state index contributed by atoms with van der Waals surface area (Å²) in [6.45, 7) is 1.92. The first-order valence-corrected chi connectivity index (χ1v) is 6.97. The van der Waals surface area contributed by atoms with Crippen molar-refractivity contribution in [2.45, 2.75) is 31.3 Å². The van der Waals surface area contributed by atoms with Gasteiger partial charge in [-0.05, 0) is 37.9 Å². The number of rotatable bonds is 2.